The largest absolute Gasteiger partial charge is 0.444 e. The molecular weight excluding hydrogens is 286 g/mol. The molecule has 2 heterocycles. The lowest BCUT2D eigenvalue weighted by Crippen LogP contribution is -2.38. The van der Waals surface area contributed by atoms with Gasteiger partial charge in [0.2, 0.25) is 0 Å². The molecule has 92 valence electrons. The monoisotopic (exact) mass is 299 g/mol. The van der Waals surface area contributed by atoms with Gasteiger partial charge in [-0.3, -0.25) is 9.59 Å². The van der Waals surface area contributed by atoms with Crippen LogP contribution in [0.2, 0.25) is 0 Å². The van der Waals surface area contributed by atoms with E-state index in [-0.39, 0.29) is 11.7 Å². The topological polar surface area (TPSA) is 50.5 Å². The number of hydrogen-bond donors (Lipinski definition) is 0. The standard InChI is InChI=1S/C10H10BrNO3.C2H4/c11-9-2-1-8(15-9)10(14)12-5-3-7(13)4-6-12;1-2/h1-2H,3-6H2;1-2H2. The highest BCUT2D eigenvalue weighted by Crippen LogP contribution is 2.17. The van der Waals surface area contributed by atoms with Crippen molar-refractivity contribution in [3.8, 4) is 0 Å². The van der Waals surface area contributed by atoms with Crippen LogP contribution in [0.4, 0.5) is 0 Å². The molecule has 1 aliphatic heterocycles. The molecule has 1 aliphatic rings. The molecule has 2 rings (SSSR count). The zero-order chi connectivity index (χ0) is 12.8. The predicted molar refractivity (Wildman–Crippen MR) is 67.8 cm³/mol. The van der Waals surface area contributed by atoms with Crippen molar-refractivity contribution in [1.29, 1.82) is 0 Å². The molecule has 1 aromatic rings. The summed E-state index contributed by atoms with van der Waals surface area (Å²) in [6, 6.07) is 3.31. The van der Waals surface area contributed by atoms with Crippen LogP contribution in [-0.2, 0) is 4.79 Å². The van der Waals surface area contributed by atoms with Crippen LogP contribution in [0.25, 0.3) is 0 Å². The zero-order valence-electron chi connectivity index (χ0n) is 9.45. The van der Waals surface area contributed by atoms with Crippen LogP contribution in [0.15, 0.2) is 34.4 Å². The van der Waals surface area contributed by atoms with Gasteiger partial charge in [0.15, 0.2) is 10.4 Å². The fourth-order valence-electron chi connectivity index (χ4n) is 1.54. The molecule has 0 aliphatic carbocycles. The normalized spacial score (nSPS) is 15.1. The molecule has 0 saturated carbocycles. The molecule has 1 aromatic heterocycles. The number of rotatable bonds is 1. The number of amides is 1. The summed E-state index contributed by atoms with van der Waals surface area (Å²) >= 11 is 3.14. The van der Waals surface area contributed by atoms with Crippen LogP contribution in [-0.4, -0.2) is 29.7 Å². The van der Waals surface area contributed by atoms with Crippen molar-refractivity contribution >= 4 is 27.6 Å². The van der Waals surface area contributed by atoms with E-state index in [2.05, 4.69) is 29.1 Å². The first-order valence-corrected chi connectivity index (χ1v) is 6.02. The summed E-state index contributed by atoms with van der Waals surface area (Å²) in [6.45, 7) is 6.99. The third-order valence-electron chi connectivity index (χ3n) is 2.39. The third kappa shape index (κ3) is 3.56. The van der Waals surface area contributed by atoms with Crippen LogP contribution in [0.5, 0.6) is 0 Å². The molecule has 0 radical (unpaired) electrons. The van der Waals surface area contributed by atoms with Crippen molar-refractivity contribution in [1.82, 2.24) is 4.90 Å². The molecule has 4 nitrogen and oxygen atoms in total. The van der Waals surface area contributed by atoms with Gasteiger partial charge in [0.1, 0.15) is 5.78 Å². The quantitative estimate of drug-likeness (QED) is 0.749. The molecule has 1 saturated heterocycles. The van der Waals surface area contributed by atoms with E-state index in [9.17, 15) is 9.59 Å². The van der Waals surface area contributed by atoms with Crippen LogP contribution >= 0.6 is 15.9 Å². The highest BCUT2D eigenvalue weighted by molar-refractivity contribution is 9.10. The Morgan fingerprint density at radius 2 is 1.88 bits per heavy atom. The average Bonchev–Trinajstić information content (AvgIpc) is 2.79. The molecule has 0 spiro atoms. The number of nitrogens with zero attached hydrogens (tertiary/aromatic N) is 1. The van der Waals surface area contributed by atoms with Gasteiger partial charge in [0.25, 0.3) is 5.91 Å². The molecule has 0 aromatic carbocycles. The summed E-state index contributed by atoms with van der Waals surface area (Å²) in [6.07, 6.45) is 0.904. The summed E-state index contributed by atoms with van der Waals surface area (Å²) in [5.74, 6) is 0.393. The molecule has 1 fully saturated rings. The van der Waals surface area contributed by atoms with Crippen molar-refractivity contribution in [2.24, 2.45) is 0 Å². The van der Waals surface area contributed by atoms with E-state index in [0.29, 0.717) is 36.4 Å². The Morgan fingerprint density at radius 3 is 2.35 bits per heavy atom. The van der Waals surface area contributed by atoms with Gasteiger partial charge in [0, 0.05) is 25.9 Å². The maximum absolute atomic E-state index is 11.8. The molecular formula is C12H14BrNO3. The minimum Gasteiger partial charge on any atom is -0.444 e. The third-order valence-corrected chi connectivity index (χ3v) is 2.82. The lowest BCUT2D eigenvalue weighted by Gasteiger charge is -2.24. The number of hydrogen-bond acceptors (Lipinski definition) is 3. The number of halogens is 1. The summed E-state index contributed by atoms with van der Waals surface area (Å²) in [7, 11) is 0. The summed E-state index contributed by atoms with van der Waals surface area (Å²) in [5, 5.41) is 0. The highest BCUT2D eigenvalue weighted by Gasteiger charge is 2.23. The molecule has 17 heavy (non-hydrogen) atoms. The zero-order valence-corrected chi connectivity index (χ0v) is 11.0. The minimum absolute atomic E-state index is 0.145. The number of piperidine rings is 1. The Morgan fingerprint density at radius 1 is 1.29 bits per heavy atom. The van der Waals surface area contributed by atoms with E-state index in [4.69, 9.17) is 4.42 Å². The number of likely N-dealkylation sites (tertiary alicyclic amines) is 1. The molecule has 5 heteroatoms. The Bertz CT molecular complexity index is 404. The van der Waals surface area contributed by atoms with Gasteiger partial charge < -0.3 is 9.32 Å². The van der Waals surface area contributed by atoms with Gasteiger partial charge in [-0.15, -0.1) is 13.2 Å². The molecule has 1 amide bonds. The Hall–Kier alpha value is -1.36. The Balaban J connectivity index is 0.000000686. The van der Waals surface area contributed by atoms with Crippen molar-refractivity contribution in [2.75, 3.05) is 13.1 Å². The summed E-state index contributed by atoms with van der Waals surface area (Å²) in [5.41, 5.74) is 0. The Labute approximate surface area is 108 Å². The first-order valence-electron chi connectivity index (χ1n) is 5.23. The predicted octanol–water partition coefficient (Wildman–Crippen LogP) is 2.65. The van der Waals surface area contributed by atoms with E-state index in [1.807, 2.05) is 0 Å². The van der Waals surface area contributed by atoms with Crippen molar-refractivity contribution in [3.05, 3.63) is 35.7 Å². The molecule has 0 unspecified atom stereocenters. The van der Waals surface area contributed by atoms with E-state index in [1.54, 1.807) is 17.0 Å². The summed E-state index contributed by atoms with van der Waals surface area (Å²) in [4.78, 5) is 24.5. The number of furan rings is 1. The second-order valence-corrected chi connectivity index (χ2v) is 4.22. The number of ketones is 1. The van der Waals surface area contributed by atoms with E-state index in [0.717, 1.165) is 0 Å². The van der Waals surface area contributed by atoms with Gasteiger partial charge in [-0.2, -0.15) is 0 Å². The highest BCUT2D eigenvalue weighted by atomic mass is 79.9. The van der Waals surface area contributed by atoms with Gasteiger partial charge in [-0.05, 0) is 28.1 Å². The van der Waals surface area contributed by atoms with Crippen LogP contribution < -0.4 is 0 Å². The van der Waals surface area contributed by atoms with Crippen molar-refractivity contribution in [3.63, 3.8) is 0 Å². The summed E-state index contributed by atoms with van der Waals surface area (Å²) < 4.78 is 5.71. The SMILES string of the molecule is C=C.O=C1CCN(C(=O)c2ccc(Br)o2)CC1. The molecule has 0 N–H and O–H groups in total. The van der Waals surface area contributed by atoms with E-state index < -0.39 is 0 Å². The van der Waals surface area contributed by atoms with E-state index in [1.165, 1.54) is 0 Å². The van der Waals surface area contributed by atoms with Gasteiger partial charge >= 0.3 is 0 Å². The molecule has 0 atom stereocenters. The fraction of sp³-hybridized carbons (Fsp3) is 0.333. The lowest BCUT2D eigenvalue weighted by molar-refractivity contribution is -0.120. The Kier molecular flexibility index (Phi) is 5.15. The van der Waals surface area contributed by atoms with Gasteiger partial charge in [-0.1, -0.05) is 0 Å². The average molecular weight is 300 g/mol. The number of carbonyl (C=O) groups is 2. The van der Waals surface area contributed by atoms with E-state index >= 15 is 0 Å². The lowest BCUT2D eigenvalue weighted by atomic mass is 10.1. The van der Waals surface area contributed by atoms with Crippen LogP contribution in [0.1, 0.15) is 23.4 Å². The molecule has 0 bridgehead atoms. The van der Waals surface area contributed by atoms with Crippen LogP contribution in [0.3, 0.4) is 0 Å². The first-order chi connectivity index (χ1) is 8.16. The second kappa shape index (κ2) is 6.39. The number of carbonyl (C=O) groups excluding carboxylic acids is 2. The second-order valence-electron chi connectivity index (χ2n) is 3.43. The maximum atomic E-state index is 11.8. The van der Waals surface area contributed by atoms with Crippen molar-refractivity contribution in [2.45, 2.75) is 12.8 Å². The first kappa shape index (κ1) is 13.7. The van der Waals surface area contributed by atoms with Gasteiger partial charge in [-0.25, -0.2) is 0 Å². The smallest absolute Gasteiger partial charge is 0.289 e. The van der Waals surface area contributed by atoms with Crippen molar-refractivity contribution < 1.29 is 14.0 Å². The fourth-order valence-corrected chi connectivity index (χ4v) is 1.85. The van der Waals surface area contributed by atoms with Crippen LogP contribution in [0, 0.1) is 0 Å². The maximum Gasteiger partial charge on any atom is 0.289 e. The number of Topliss-reactive ketones (excluding diaryl/α,β-unsaturated/α-hetero) is 1. The minimum atomic E-state index is -0.145. The van der Waals surface area contributed by atoms with Gasteiger partial charge in [0.05, 0.1) is 0 Å².